The van der Waals surface area contributed by atoms with Crippen LogP contribution in [0.5, 0.6) is 0 Å². The van der Waals surface area contributed by atoms with E-state index < -0.39 is 0 Å². The predicted octanol–water partition coefficient (Wildman–Crippen LogP) is 2.37. The van der Waals surface area contributed by atoms with E-state index in [0.717, 1.165) is 54.7 Å². The molecule has 2 aliphatic rings. The number of rotatable bonds is 3. The lowest BCUT2D eigenvalue weighted by atomic mass is 10.1. The lowest BCUT2D eigenvalue weighted by Crippen LogP contribution is -2.37. The quantitative estimate of drug-likeness (QED) is 0.911. The van der Waals surface area contributed by atoms with Crippen LogP contribution in [0.15, 0.2) is 6.07 Å². The Kier molecular flexibility index (Phi) is 3.85. The Hall–Kier alpha value is -1.82. The van der Waals surface area contributed by atoms with E-state index >= 15 is 0 Å². The van der Waals surface area contributed by atoms with E-state index in [2.05, 4.69) is 40.1 Å². The van der Waals surface area contributed by atoms with Gasteiger partial charge in [0.25, 0.3) is 0 Å². The molecule has 4 rings (SSSR count). The summed E-state index contributed by atoms with van der Waals surface area (Å²) >= 11 is 0. The molecule has 0 bridgehead atoms. The Balaban J connectivity index is 1.65. The van der Waals surface area contributed by atoms with Crippen LogP contribution in [0, 0.1) is 6.92 Å². The topological polar surface area (TPSA) is 60.1 Å². The van der Waals surface area contributed by atoms with Crippen molar-refractivity contribution in [2.24, 2.45) is 0 Å². The van der Waals surface area contributed by atoms with Gasteiger partial charge in [0.05, 0.1) is 5.39 Å². The molecule has 0 amide bonds. The Morgan fingerprint density at radius 1 is 1.13 bits per heavy atom. The zero-order chi connectivity index (χ0) is 15.8. The summed E-state index contributed by atoms with van der Waals surface area (Å²) in [4.78, 5) is 17.7. The molecule has 6 heteroatoms. The number of hydrogen-bond acceptors (Lipinski definition) is 5. The SMILES string of the molecule is Cc1cc2c(NC3CCN(C)CC3)nc(N3CCCC3)nc2[nH]1. The van der Waals surface area contributed by atoms with Crippen molar-refractivity contribution in [1.29, 1.82) is 0 Å². The van der Waals surface area contributed by atoms with Crippen LogP contribution in [0.1, 0.15) is 31.4 Å². The summed E-state index contributed by atoms with van der Waals surface area (Å²) in [6.07, 6.45) is 4.82. The number of nitrogens with zero attached hydrogens (tertiary/aromatic N) is 4. The van der Waals surface area contributed by atoms with Crippen molar-refractivity contribution >= 4 is 22.8 Å². The number of nitrogens with one attached hydrogen (secondary N) is 2. The van der Waals surface area contributed by atoms with E-state index in [0.29, 0.717) is 6.04 Å². The number of aromatic nitrogens is 3. The lowest BCUT2D eigenvalue weighted by Gasteiger charge is -2.30. The first kappa shape index (κ1) is 14.8. The third kappa shape index (κ3) is 3.00. The minimum absolute atomic E-state index is 0.505. The smallest absolute Gasteiger partial charge is 0.229 e. The van der Waals surface area contributed by atoms with Gasteiger partial charge >= 0.3 is 0 Å². The fraction of sp³-hybridized carbons (Fsp3) is 0.647. The Morgan fingerprint density at radius 3 is 2.61 bits per heavy atom. The number of anilines is 2. The van der Waals surface area contributed by atoms with Gasteiger partial charge in [-0.15, -0.1) is 0 Å². The van der Waals surface area contributed by atoms with Gasteiger partial charge < -0.3 is 20.1 Å². The van der Waals surface area contributed by atoms with Gasteiger partial charge in [0.2, 0.25) is 5.95 Å². The van der Waals surface area contributed by atoms with Gasteiger partial charge in [-0.1, -0.05) is 0 Å². The second kappa shape index (κ2) is 6.00. The van der Waals surface area contributed by atoms with Crippen molar-refractivity contribution in [2.75, 3.05) is 43.4 Å². The highest BCUT2D eigenvalue weighted by Gasteiger charge is 2.21. The molecular formula is C17H26N6. The molecule has 0 saturated carbocycles. The molecular weight excluding hydrogens is 288 g/mol. The van der Waals surface area contributed by atoms with Crippen molar-refractivity contribution in [1.82, 2.24) is 19.9 Å². The van der Waals surface area contributed by atoms with Crippen LogP contribution in [-0.4, -0.2) is 59.1 Å². The minimum Gasteiger partial charge on any atom is -0.367 e. The van der Waals surface area contributed by atoms with E-state index in [4.69, 9.17) is 9.97 Å². The average Bonchev–Trinajstić information content (AvgIpc) is 3.18. The highest BCUT2D eigenvalue weighted by atomic mass is 15.3. The Morgan fingerprint density at radius 2 is 1.87 bits per heavy atom. The summed E-state index contributed by atoms with van der Waals surface area (Å²) in [5.41, 5.74) is 2.09. The highest BCUT2D eigenvalue weighted by molar-refractivity contribution is 5.89. The number of piperidine rings is 1. The molecule has 0 atom stereocenters. The summed E-state index contributed by atoms with van der Waals surface area (Å²) < 4.78 is 0. The van der Waals surface area contributed by atoms with Crippen molar-refractivity contribution in [3.8, 4) is 0 Å². The summed E-state index contributed by atoms with van der Waals surface area (Å²) in [7, 11) is 2.19. The van der Waals surface area contributed by atoms with Gasteiger partial charge in [-0.05, 0) is 58.8 Å². The van der Waals surface area contributed by atoms with Crippen LogP contribution in [0.2, 0.25) is 0 Å². The number of fused-ring (bicyclic) bond motifs is 1. The normalized spacial score (nSPS) is 20.5. The molecule has 2 fully saturated rings. The number of hydrogen-bond donors (Lipinski definition) is 2. The van der Waals surface area contributed by atoms with Gasteiger partial charge in [-0.3, -0.25) is 0 Å². The average molecular weight is 314 g/mol. The zero-order valence-corrected chi connectivity index (χ0v) is 14.1. The fourth-order valence-electron chi connectivity index (χ4n) is 3.64. The van der Waals surface area contributed by atoms with E-state index in [1.165, 1.54) is 25.7 Å². The Bertz CT molecular complexity index is 680. The van der Waals surface area contributed by atoms with Crippen LogP contribution in [0.3, 0.4) is 0 Å². The molecule has 2 aromatic heterocycles. The molecule has 0 radical (unpaired) electrons. The number of aryl methyl sites for hydroxylation is 1. The van der Waals surface area contributed by atoms with Gasteiger partial charge in [-0.2, -0.15) is 9.97 Å². The maximum atomic E-state index is 4.88. The molecule has 2 N–H and O–H groups in total. The molecule has 6 nitrogen and oxygen atoms in total. The predicted molar refractivity (Wildman–Crippen MR) is 94.2 cm³/mol. The molecule has 4 heterocycles. The maximum Gasteiger partial charge on any atom is 0.229 e. The van der Waals surface area contributed by atoms with E-state index in [1.807, 2.05) is 0 Å². The number of aromatic amines is 1. The number of H-pyrrole nitrogens is 1. The molecule has 0 aromatic carbocycles. The van der Waals surface area contributed by atoms with Gasteiger partial charge in [-0.25, -0.2) is 0 Å². The second-order valence-corrected chi connectivity index (χ2v) is 7.00. The van der Waals surface area contributed by atoms with Crippen LogP contribution in [-0.2, 0) is 0 Å². The summed E-state index contributed by atoms with van der Waals surface area (Å²) in [6, 6.07) is 2.66. The van der Waals surface area contributed by atoms with Crippen molar-refractivity contribution in [3.63, 3.8) is 0 Å². The van der Waals surface area contributed by atoms with E-state index in [-0.39, 0.29) is 0 Å². The largest absolute Gasteiger partial charge is 0.367 e. The molecule has 0 unspecified atom stereocenters. The summed E-state index contributed by atoms with van der Waals surface area (Å²) in [6.45, 7) is 6.52. The summed E-state index contributed by atoms with van der Waals surface area (Å²) in [5, 5.41) is 4.81. The Labute approximate surface area is 137 Å². The molecule has 2 aliphatic heterocycles. The first-order chi connectivity index (χ1) is 11.2. The van der Waals surface area contributed by atoms with Gasteiger partial charge in [0, 0.05) is 24.8 Å². The van der Waals surface area contributed by atoms with E-state index in [9.17, 15) is 0 Å². The second-order valence-electron chi connectivity index (χ2n) is 7.00. The van der Waals surface area contributed by atoms with Crippen molar-refractivity contribution < 1.29 is 0 Å². The van der Waals surface area contributed by atoms with Gasteiger partial charge in [0.15, 0.2) is 0 Å². The fourth-order valence-corrected chi connectivity index (χ4v) is 3.64. The number of likely N-dealkylation sites (tertiary alicyclic amines) is 1. The van der Waals surface area contributed by atoms with Crippen LogP contribution >= 0.6 is 0 Å². The molecule has 2 aromatic rings. The van der Waals surface area contributed by atoms with Gasteiger partial charge in [0.1, 0.15) is 11.5 Å². The van der Waals surface area contributed by atoms with E-state index in [1.54, 1.807) is 0 Å². The van der Waals surface area contributed by atoms with Crippen LogP contribution in [0.25, 0.3) is 11.0 Å². The highest BCUT2D eigenvalue weighted by Crippen LogP contribution is 2.27. The molecule has 23 heavy (non-hydrogen) atoms. The first-order valence-corrected chi connectivity index (χ1v) is 8.76. The third-order valence-electron chi connectivity index (χ3n) is 5.06. The molecule has 124 valence electrons. The van der Waals surface area contributed by atoms with Crippen LogP contribution < -0.4 is 10.2 Å². The van der Waals surface area contributed by atoms with Crippen LogP contribution in [0.4, 0.5) is 11.8 Å². The minimum atomic E-state index is 0.505. The summed E-state index contributed by atoms with van der Waals surface area (Å²) in [5.74, 6) is 1.86. The lowest BCUT2D eigenvalue weighted by molar-refractivity contribution is 0.264. The maximum absolute atomic E-state index is 4.88. The molecule has 2 saturated heterocycles. The molecule has 0 spiro atoms. The first-order valence-electron chi connectivity index (χ1n) is 8.76. The third-order valence-corrected chi connectivity index (χ3v) is 5.06. The molecule has 0 aliphatic carbocycles. The monoisotopic (exact) mass is 314 g/mol. The standard InChI is InChI=1S/C17H26N6/c1-12-11-14-15(18-12)20-17(23-7-3-4-8-23)21-16(14)19-13-5-9-22(2)10-6-13/h11,13H,3-10H2,1-2H3,(H2,18,19,20,21). The zero-order valence-electron chi connectivity index (χ0n) is 14.1. The van der Waals surface area contributed by atoms with Crippen molar-refractivity contribution in [3.05, 3.63) is 11.8 Å². The van der Waals surface area contributed by atoms with Crippen molar-refractivity contribution in [2.45, 2.75) is 38.6 Å².